The maximum Gasteiger partial charge on any atom is 0.0938 e. The number of aliphatic hydroxyl groups is 1. The van der Waals surface area contributed by atoms with Crippen LogP contribution in [0.15, 0.2) is 0 Å². The molecule has 0 rings (SSSR count). The molecule has 4 heteroatoms. The minimum Gasteiger partial charge on any atom is -0.391 e. The van der Waals surface area contributed by atoms with Gasteiger partial charge in [-0.05, 0) is 6.92 Å². The average molecular weight is 134 g/mol. The van der Waals surface area contributed by atoms with Crippen LogP contribution in [-0.4, -0.2) is 30.9 Å². The number of hydroxylamine groups is 1. The summed E-state index contributed by atoms with van der Waals surface area (Å²) in [6, 6.07) is 0. The largest absolute Gasteiger partial charge is 0.391 e. The molecular weight excluding hydrogens is 120 g/mol. The summed E-state index contributed by atoms with van der Waals surface area (Å²) >= 11 is 0. The molecular formula is C5H14N2O2. The van der Waals surface area contributed by atoms with Crippen LogP contribution in [0.4, 0.5) is 0 Å². The van der Waals surface area contributed by atoms with Crippen LogP contribution >= 0.6 is 0 Å². The van der Waals surface area contributed by atoms with Crippen LogP contribution in [0.5, 0.6) is 0 Å². The highest BCUT2D eigenvalue weighted by Crippen LogP contribution is 1.76. The normalized spacial score (nSPS) is 13.7. The first-order chi connectivity index (χ1) is 4.27. The first-order valence-corrected chi connectivity index (χ1v) is 3.00. The summed E-state index contributed by atoms with van der Waals surface area (Å²) in [7, 11) is 0. The molecule has 0 heterocycles. The zero-order chi connectivity index (χ0) is 7.11. The predicted octanol–water partition coefficient (Wildman–Crippen LogP) is -1.15. The molecule has 0 fully saturated rings. The number of hydrogen-bond acceptors (Lipinski definition) is 4. The number of nitrogens with two attached hydrogens (primary N) is 1. The highest BCUT2D eigenvalue weighted by molar-refractivity contribution is 4.39. The van der Waals surface area contributed by atoms with Crippen molar-refractivity contribution in [2.45, 2.75) is 13.0 Å². The minimum atomic E-state index is -0.421. The van der Waals surface area contributed by atoms with Crippen molar-refractivity contribution in [3.63, 3.8) is 0 Å². The van der Waals surface area contributed by atoms with Crippen LogP contribution in [0.2, 0.25) is 0 Å². The fourth-order valence-corrected chi connectivity index (χ4v) is 0.311. The van der Waals surface area contributed by atoms with Crippen LogP contribution in [-0.2, 0) is 4.84 Å². The van der Waals surface area contributed by atoms with E-state index in [-0.39, 0.29) is 0 Å². The van der Waals surface area contributed by atoms with E-state index in [1.54, 1.807) is 6.92 Å². The Kier molecular flexibility index (Phi) is 5.86. The molecule has 0 aliphatic rings. The molecule has 4 N–H and O–H groups in total. The number of aliphatic hydroxyl groups excluding tert-OH is 1. The maximum atomic E-state index is 8.66. The Morgan fingerprint density at radius 2 is 2.44 bits per heavy atom. The predicted molar refractivity (Wildman–Crippen MR) is 34.7 cm³/mol. The summed E-state index contributed by atoms with van der Waals surface area (Å²) in [5.41, 5.74) is 7.72. The molecule has 0 saturated heterocycles. The monoisotopic (exact) mass is 134 g/mol. The van der Waals surface area contributed by atoms with Gasteiger partial charge >= 0.3 is 0 Å². The molecule has 0 bridgehead atoms. The number of hydrogen-bond donors (Lipinski definition) is 3. The van der Waals surface area contributed by atoms with Gasteiger partial charge in [0.1, 0.15) is 0 Å². The van der Waals surface area contributed by atoms with Crippen molar-refractivity contribution in [3.05, 3.63) is 0 Å². The zero-order valence-electron chi connectivity index (χ0n) is 5.63. The molecule has 1 unspecified atom stereocenters. The van der Waals surface area contributed by atoms with Gasteiger partial charge in [0, 0.05) is 13.1 Å². The lowest BCUT2D eigenvalue weighted by Crippen LogP contribution is -2.26. The Bertz CT molecular complexity index is 58.9. The molecule has 0 aromatic carbocycles. The summed E-state index contributed by atoms with van der Waals surface area (Å²) < 4.78 is 0. The molecule has 0 aromatic rings. The van der Waals surface area contributed by atoms with E-state index in [0.29, 0.717) is 19.7 Å². The van der Waals surface area contributed by atoms with Crippen LogP contribution in [0.1, 0.15) is 6.92 Å². The SMILES string of the molecule is CC(O)CONCCN. The van der Waals surface area contributed by atoms with E-state index in [9.17, 15) is 0 Å². The lowest BCUT2D eigenvalue weighted by atomic mass is 10.5. The van der Waals surface area contributed by atoms with Gasteiger partial charge in [0.15, 0.2) is 0 Å². The van der Waals surface area contributed by atoms with E-state index < -0.39 is 6.10 Å². The molecule has 0 aliphatic heterocycles. The van der Waals surface area contributed by atoms with Gasteiger partial charge < -0.3 is 10.8 Å². The molecule has 9 heavy (non-hydrogen) atoms. The Balaban J connectivity index is 2.75. The van der Waals surface area contributed by atoms with E-state index in [2.05, 4.69) is 5.48 Å². The summed E-state index contributed by atoms with van der Waals surface area (Å²) in [6.45, 7) is 3.12. The Labute approximate surface area is 55.0 Å². The molecule has 0 aromatic heterocycles. The van der Waals surface area contributed by atoms with Gasteiger partial charge in [0.05, 0.1) is 12.7 Å². The summed E-state index contributed by atoms with van der Waals surface area (Å²) in [6.07, 6.45) is -0.421. The van der Waals surface area contributed by atoms with E-state index >= 15 is 0 Å². The van der Waals surface area contributed by atoms with E-state index in [1.807, 2.05) is 0 Å². The van der Waals surface area contributed by atoms with Gasteiger partial charge in [-0.2, -0.15) is 0 Å². The number of nitrogens with one attached hydrogen (secondary N) is 1. The van der Waals surface area contributed by atoms with Gasteiger partial charge in [0.2, 0.25) is 0 Å². The standard InChI is InChI=1S/C5H14N2O2/c1-5(8)4-9-7-3-2-6/h5,7-8H,2-4,6H2,1H3. The lowest BCUT2D eigenvalue weighted by Gasteiger charge is -2.05. The first kappa shape index (κ1) is 8.84. The van der Waals surface area contributed by atoms with Gasteiger partial charge in [-0.1, -0.05) is 0 Å². The summed E-state index contributed by atoms with van der Waals surface area (Å²) in [4.78, 5) is 4.76. The second-order valence-electron chi connectivity index (χ2n) is 1.84. The van der Waals surface area contributed by atoms with Crippen LogP contribution in [0, 0.1) is 0 Å². The van der Waals surface area contributed by atoms with Gasteiger partial charge in [-0.3, -0.25) is 4.84 Å². The molecule has 1 atom stereocenters. The Morgan fingerprint density at radius 1 is 1.78 bits per heavy atom. The first-order valence-electron chi connectivity index (χ1n) is 3.00. The third-order valence-electron chi connectivity index (χ3n) is 0.673. The molecule has 0 amide bonds. The van der Waals surface area contributed by atoms with Crippen LogP contribution < -0.4 is 11.2 Å². The van der Waals surface area contributed by atoms with Crippen LogP contribution in [0.25, 0.3) is 0 Å². The average Bonchev–Trinajstić information content (AvgIpc) is 1.80. The van der Waals surface area contributed by atoms with Crippen LogP contribution in [0.3, 0.4) is 0 Å². The van der Waals surface area contributed by atoms with Gasteiger partial charge in [-0.15, -0.1) is 0 Å². The molecule has 0 spiro atoms. The highest BCUT2D eigenvalue weighted by Gasteiger charge is 1.92. The third-order valence-corrected chi connectivity index (χ3v) is 0.673. The van der Waals surface area contributed by atoms with E-state index in [0.717, 1.165) is 0 Å². The third kappa shape index (κ3) is 7.84. The topological polar surface area (TPSA) is 67.5 Å². The van der Waals surface area contributed by atoms with Gasteiger partial charge in [-0.25, -0.2) is 5.48 Å². The Morgan fingerprint density at radius 3 is 2.89 bits per heavy atom. The summed E-state index contributed by atoms with van der Waals surface area (Å²) in [5, 5.41) is 8.66. The van der Waals surface area contributed by atoms with Crippen molar-refractivity contribution >= 4 is 0 Å². The molecule has 0 radical (unpaired) electrons. The van der Waals surface area contributed by atoms with Crippen molar-refractivity contribution in [1.29, 1.82) is 0 Å². The molecule has 56 valence electrons. The summed E-state index contributed by atoms with van der Waals surface area (Å²) in [5.74, 6) is 0. The van der Waals surface area contributed by atoms with E-state index in [1.165, 1.54) is 0 Å². The van der Waals surface area contributed by atoms with Crippen molar-refractivity contribution < 1.29 is 9.94 Å². The zero-order valence-corrected chi connectivity index (χ0v) is 5.63. The maximum absolute atomic E-state index is 8.66. The fraction of sp³-hybridized carbons (Fsp3) is 1.00. The quantitative estimate of drug-likeness (QED) is 0.328. The second kappa shape index (κ2) is 5.97. The lowest BCUT2D eigenvalue weighted by molar-refractivity contribution is -0.0113. The van der Waals surface area contributed by atoms with E-state index in [4.69, 9.17) is 15.7 Å². The van der Waals surface area contributed by atoms with Crippen molar-refractivity contribution in [1.82, 2.24) is 5.48 Å². The van der Waals surface area contributed by atoms with Gasteiger partial charge in [0.25, 0.3) is 0 Å². The fourth-order valence-electron chi connectivity index (χ4n) is 0.311. The highest BCUT2D eigenvalue weighted by atomic mass is 16.6. The Hall–Kier alpha value is -0.160. The minimum absolute atomic E-state index is 0.306. The number of rotatable bonds is 5. The van der Waals surface area contributed by atoms with Crippen molar-refractivity contribution in [2.24, 2.45) is 5.73 Å². The molecule has 0 aliphatic carbocycles. The van der Waals surface area contributed by atoms with Crippen molar-refractivity contribution in [3.8, 4) is 0 Å². The van der Waals surface area contributed by atoms with Crippen molar-refractivity contribution in [2.75, 3.05) is 19.7 Å². The molecule has 4 nitrogen and oxygen atoms in total. The smallest absolute Gasteiger partial charge is 0.0938 e. The molecule has 0 saturated carbocycles. The second-order valence-corrected chi connectivity index (χ2v) is 1.84.